The highest BCUT2D eigenvalue weighted by Crippen LogP contribution is 2.34. The summed E-state index contributed by atoms with van der Waals surface area (Å²) in [4.78, 5) is 2.35. The molecule has 2 N–H and O–H groups in total. The van der Waals surface area contributed by atoms with Gasteiger partial charge >= 0.3 is 0 Å². The van der Waals surface area contributed by atoms with Crippen molar-refractivity contribution in [1.82, 2.24) is 5.32 Å². The monoisotopic (exact) mass is 538 g/mol. The van der Waals surface area contributed by atoms with Crippen LogP contribution in [0.1, 0.15) is 23.5 Å². The van der Waals surface area contributed by atoms with Crippen molar-refractivity contribution in [1.29, 1.82) is 0 Å². The maximum Gasteiger partial charge on any atom is 0.142 e. The van der Waals surface area contributed by atoms with Gasteiger partial charge < -0.3 is 34.3 Å². The zero-order valence-electron chi connectivity index (χ0n) is 21.6. The van der Waals surface area contributed by atoms with E-state index < -0.39 is 6.10 Å². The van der Waals surface area contributed by atoms with Crippen LogP contribution in [0.5, 0.6) is 17.2 Å². The number of aliphatic hydroxyl groups is 1. The van der Waals surface area contributed by atoms with Crippen LogP contribution in [0, 0.1) is 0 Å². The average Bonchev–Trinajstić information content (AvgIpc) is 2.94. The predicted octanol–water partition coefficient (Wildman–Crippen LogP) is 5.00. The van der Waals surface area contributed by atoms with Crippen molar-refractivity contribution < 1.29 is 24.1 Å². The third-order valence-corrected chi connectivity index (χ3v) is 7.30. The fourth-order valence-corrected chi connectivity index (χ4v) is 5.24. The Morgan fingerprint density at radius 3 is 2.55 bits per heavy atom. The molecule has 2 heterocycles. The topological polar surface area (TPSA) is 72.4 Å². The van der Waals surface area contributed by atoms with E-state index in [-0.39, 0.29) is 12.0 Å². The van der Waals surface area contributed by atoms with Crippen LogP contribution in [0.25, 0.3) is 0 Å². The predicted molar refractivity (Wildman–Crippen MR) is 149 cm³/mol. The van der Waals surface area contributed by atoms with E-state index >= 15 is 0 Å². The molecule has 0 aliphatic carbocycles. The summed E-state index contributed by atoms with van der Waals surface area (Å²) in [7, 11) is 1.73. The summed E-state index contributed by atoms with van der Waals surface area (Å²) in [5.41, 5.74) is 3.20. The van der Waals surface area contributed by atoms with Crippen molar-refractivity contribution in [2.24, 2.45) is 0 Å². The number of rotatable bonds is 10. The van der Waals surface area contributed by atoms with Gasteiger partial charge in [-0.25, -0.2) is 0 Å². The maximum absolute atomic E-state index is 10.9. The lowest BCUT2D eigenvalue weighted by atomic mass is 9.85. The number of ether oxygens (including phenoxy) is 4. The second-order valence-electron chi connectivity index (χ2n) is 9.71. The number of fused-ring (bicyclic) bond motifs is 1. The second-order valence-corrected chi connectivity index (χ2v) is 10.1. The van der Waals surface area contributed by atoms with E-state index in [1.54, 1.807) is 19.2 Å². The molecule has 7 nitrogen and oxygen atoms in total. The number of nitrogens with one attached hydrogen (secondary N) is 1. The van der Waals surface area contributed by atoms with Gasteiger partial charge in [-0.15, -0.1) is 0 Å². The van der Waals surface area contributed by atoms with E-state index in [1.165, 1.54) is 0 Å². The molecule has 0 spiro atoms. The van der Waals surface area contributed by atoms with Crippen molar-refractivity contribution in [3.05, 3.63) is 82.9 Å². The zero-order chi connectivity index (χ0) is 26.3. The Hall–Kier alpha value is -2.81. The largest absolute Gasteiger partial charge is 0.490 e. The Balaban J connectivity index is 1.25. The Morgan fingerprint density at radius 2 is 1.79 bits per heavy atom. The Bertz CT molecular complexity index is 1170. The molecule has 202 valence electrons. The summed E-state index contributed by atoms with van der Waals surface area (Å²) in [6.07, 6.45) is 0.241. The molecule has 0 amide bonds. The minimum absolute atomic E-state index is 0.146. The number of anilines is 1. The van der Waals surface area contributed by atoms with Crippen molar-refractivity contribution in [3.8, 4) is 17.2 Å². The molecule has 0 bridgehead atoms. The molecular weight excluding hydrogens is 504 g/mol. The van der Waals surface area contributed by atoms with E-state index in [4.69, 9.17) is 30.5 Å². The van der Waals surface area contributed by atoms with Gasteiger partial charge in [0.1, 0.15) is 23.9 Å². The molecule has 0 radical (unpaired) electrons. The van der Waals surface area contributed by atoms with Crippen molar-refractivity contribution in [2.45, 2.75) is 31.2 Å². The molecule has 8 heteroatoms. The summed E-state index contributed by atoms with van der Waals surface area (Å²) in [5.74, 6) is 2.21. The van der Waals surface area contributed by atoms with E-state index in [1.807, 2.05) is 42.5 Å². The fourth-order valence-electron chi connectivity index (χ4n) is 5.11. The number of benzene rings is 3. The lowest BCUT2D eigenvalue weighted by Gasteiger charge is -2.36. The maximum atomic E-state index is 10.9. The molecule has 1 fully saturated rings. The van der Waals surface area contributed by atoms with Gasteiger partial charge in [0, 0.05) is 44.3 Å². The third-order valence-electron chi connectivity index (χ3n) is 7.05. The molecule has 5 rings (SSSR count). The van der Waals surface area contributed by atoms with E-state index in [0.717, 1.165) is 60.2 Å². The molecular formula is C30H35ClN2O5. The van der Waals surface area contributed by atoms with E-state index in [9.17, 15) is 5.11 Å². The fraction of sp³-hybridized carbons (Fsp3) is 0.400. The first kappa shape index (κ1) is 26.8. The molecule has 0 saturated carbocycles. The van der Waals surface area contributed by atoms with Crippen LogP contribution in [0.15, 0.2) is 66.7 Å². The van der Waals surface area contributed by atoms with E-state index in [0.29, 0.717) is 31.3 Å². The van der Waals surface area contributed by atoms with Gasteiger partial charge in [0.2, 0.25) is 0 Å². The Kier molecular flexibility index (Phi) is 9.04. The van der Waals surface area contributed by atoms with Gasteiger partial charge in [-0.2, -0.15) is 0 Å². The lowest BCUT2D eigenvalue weighted by Crippen LogP contribution is -2.49. The van der Waals surface area contributed by atoms with Crippen molar-refractivity contribution >= 4 is 17.3 Å². The van der Waals surface area contributed by atoms with Crippen molar-refractivity contribution in [2.75, 3.05) is 51.4 Å². The van der Waals surface area contributed by atoms with Crippen LogP contribution >= 0.6 is 11.6 Å². The molecule has 3 aromatic rings. The highest BCUT2D eigenvalue weighted by molar-refractivity contribution is 6.30. The van der Waals surface area contributed by atoms with Crippen LogP contribution in [0.4, 0.5) is 5.69 Å². The minimum Gasteiger partial charge on any atom is -0.490 e. The molecule has 1 saturated heterocycles. The second kappa shape index (κ2) is 12.8. The van der Waals surface area contributed by atoms with Crippen LogP contribution in [-0.4, -0.2) is 63.8 Å². The number of methoxy groups -OCH3 is 1. The molecule has 0 aromatic heterocycles. The number of hydrogen-bond acceptors (Lipinski definition) is 7. The quantitative estimate of drug-likeness (QED) is 0.352. The van der Waals surface area contributed by atoms with Crippen LogP contribution < -0.4 is 19.7 Å². The van der Waals surface area contributed by atoms with Gasteiger partial charge in [0.15, 0.2) is 0 Å². The summed E-state index contributed by atoms with van der Waals surface area (Å²) in [5, 5.41) is 14.9. The summed E-state index contributed by atoms with van der Waals surface area (Å²) in [6.45, 7) is 4.86. The normalized spacial score (nSPS) is 21.0. The standard InChI is InChI=1S/C30H35ClN2O5/c1-35-15-2-13-33-14-16-36-28-12-3-21(17-26(28)33)20-37-29-19-32-18-27(34)30(29)22-4-8-24(9-5-22)38-25-10-6-23(31)7-11-25/h3-12,17,27,29-30,32,34H,2,13-16,18-20H2,1H3/t27-,29+,30+/m1/s1. The van der Waals surface area contributed by atoms with Gasteiger partial charge in [0.25, 0.3) is 0 Å². The third kappa shape index (κ3) is 6.60. The van der Waals surface area contributed by atoms with Gasteiger partial charge in [-0.05, 0) is 66.1 Å². The van der Waals surface area contributed by atoms with Gasteiger partial charge in [-0.3, -0.25) is 0 Å². The number of aliphatic hydroxyl groups excluding tert-OH is 1. The average molecular weight is 539 g/mol. The van der Waals surface area contributed by atoms with E-state index in [2.05, 4.69) is 22.3 Å². The zero-order valence-corrected chi connectivity index (χ0v) is 22.4. The van der Waals surface area contributed by atoms with Crippen LogP contribution in [0.2, 0.25) is 5.02 Å². The Labute approximate surface area is 229 Å². The molecule has 2 aliphatic rings. The SMILES string of the molecule is COCCCN1CCOc2ccc(CO[C@H]3CNC[C@@H](O)[C@@H]3c3ccc(Oc4ccc(Cl)cc4)cc3)cc21. The van der Waals surface area contributed by atoms with Gasteiger partial charge in [0.05, 0.1) is 31.0 Å². The first-order valence-corrected chi connectivity index (χ1v) is 13.5. The summed E-state index contributed by atoms with van der Waals surface area (Å²) in [6, 6.07) is 21.4. The molecule has 3 aromatic carbocycles. The smallest absolute Gasteiger partial charge is 0.142 e. The summed E-state index contributed by atoms with van der Waals surface area (Å²) < 4.78 is 23.5. The highest BCUT2D eigenvalue weighted by Gasteiger charge is 2.34. The molecule has 0 unspecified atom stereocenters. The van der Waals surface area contributed by atoms with Crippen LogP contribution in [0.3, 0.4) is 0 Å². The van der Waals surface area contributed by atoms with Crippen molar-refractivity contribution in [3.63, 3.8) is 0 Å². The number of β-amino-alcohol motifs (C(OH)–C–C–N with tert-alkyl or cyclic N) is 1. The molecule has 2 aliphatic heterocycles. The molecule has 3 atom stereocenters. The number of piperidine rings is 1. The molecule has 38 heavy (non-hydrogen) atoms. The van der Waals surface area contributed by atoms with Crippen LogP contribution in [-0.2, 0) is 16.1 Å². The first-order valence-electron chi connectivity index (χ1n) is 13.1. The minimum atomic E-state index is -0.551. The highest BCUT2D eigenvalue weighted by atomic mass is 35.5. The Morgan fingerprint density at radius 1 is 1.03 bits per heavy atom. The number of nitrogens with zero attached hydrogens (tertiary/aromatic N) is 1. The summed E-state index contributed by atoms with van der Waals surface area (Å²) >= 11 is 5.97. The number of halogens is 1. The lowest BCUT2D eigenvalue weighted by molar-refractivity contribution is -0.0328. The van der Waals surface area contributed by atoms with Gasteiger partial charge in [-0.1, -0.05) is 29.8 Å². The number of hydrogen-bond donors (Lipinski definition) is 2. The first-order chi connectivity index (χ1) is 18.6.